The van der Waals surface area contributed by atoms with E-state index in [0.717, 1.165) is 73.8 Å². The Morgan fingerprint density at radius 2 is 1.66 bits per heavy atom. The number of unbranched alkanes of at least 4 members (excludes halogenated alkanes) is 4. The fourth-order valence-electron chi connectivity index (χ4n) is 3.87. The Labute approximate surface area is 190 Å². The van der Waals surface area contributed by atoms with Crippen LogP contribution in [0.2, 0.25) is 0 Å². The lowest BCUT2D eigenvalue weighted by Gasteiger charge is -2.08. The number of amides is 1. The molecule has 0 aliphatic carbocycles. The zero-order valence-electron chi connectivity index (χ0n) is 19.3. The Bertz CT molecular complexity index is 1040. The van der Waals surface area contributed by atoms with Crippen LogP contribution in [0.5, 0.6) is 0 Å². The molecule has 0 fully saturated rings. The van der Waals surface area contributed by atoms with E-state index in [1.54, 1.807) is 6.07 Å². The molecular weight excluding hydrogens is 404 g/mol. The van der Waals surface area contributed by atoms with E-state index in [9.17, 15) is 13.6 Å². The molecule has 0 heterocycles. The molecule has 2 aromatic carbocycles. The van der Waals surface area contributed by atoms with Crippen molar-refractivity contribution in [3.8, 4) is 0 Å². The molecular formula is C28H35F2NO. The molecule has 0 aromatic heterocycles. The Balaban J connectivity index is 2.16. The van der Waals surface area contributed by atoms with Gasteiger partial charge >= 0.3 is 0 Å². The normalized spacial score (nSPS) is 12.8. The van der Waals surface area contributed by atoms with Gasteiger partial charge in [-0.05, 0) is 91.6 Å². The van der Waals surface area contributed by atoms with Crippen LogP contribution in [0.25, 0.3) is 12.2 Å². The zero-order chi connectivity index (χ0) is 23.3. The van der Waals surface area contributed by atoms with Crippen LogP contribution < -0.4 is 16.2 Å². The maximum absolute atomic E-state index is 13.4. The van der Waals surface area contributed by atoms with E-state index in [2.05, 4.69) is 25.2 Å². The summed E-state index contributed by atoms with van der Waals surface area (Å²) in [6.45, 7) is 4.13. The van der Waals surface area contributed by atoms with Gasteiger partial charge in [0.1, 0.15) is 0 Å². The third-order valence-corrected chi connectivity index (χ3v) is 5.59. The van der Waals surface area contributed by atoms with Crippen LogP contribution >= 0.6 is 0 Å². The Morgan fingerprint density at radius 3 is 2.34 bits per heavy atom. The summed E-state index contributed by atoms with van der Waals surface area (Å²) in [6, 6.07) is 8.00. The topological polar surface area (TPSA) is 43.1 Å². The summed E-state index contributed by atoms with van der Waals surface area (Å²) < 4.78 is 26.4. The van der Waals surface area contributed by atoms with E-state index in [4.69, 9.17) is 5.73 Å². The van der Waals surface area contributed by atoms with Gasteiger partial charge in [0.15, 0.2) is 11.6 Å². The van der Waals surface area contributed by atoms with Crippen LogP contribution in [-0.2, 0) is 12.8 Å². The molecule has 0 atom stereocenters. The minimum atomic E-state index is -0.804. The summed E-state index contributed by atoms with van der Waals surface area (Å²) in [5.41, 5.74) is 8.29. The average Bonchev–Trinajstić information content (AvgIpc) is 2.77. The Morgan fingerprint density at radius 1 is 0.906 bits per heavy atom. The van der Waals surface area contributed by atoms with E-state index in [-0.39, 0.29) is 0 Å². The number of nitrogens with two attached hydrogens (primary N) is 1. The first-order chi connectivity index (χ1) is 15.5. The first-order valence-electron chi connectivity index (χ1n) is 11.6. The van der Waals surface area contributed by atoms with Crippen molar-refractivity contribution in [2.45, 2.75) is 71.6 Å². The highest BCUT2D eigenvalue weighted by molar-refractivity contribution is 5.93. The number of hydrogen-bond acceptors (Lipinski definition) is 1. The molecule has 0 bridgehead atoms. The molecule has 0 saturated carbocycles. The monoisotopic (exact) mass is 439 g/mol. The molecule has 2 aromatic rings. The van der Waals surface area contributed by atoms with E-state index in [1.165, 1.54) is 17.7 Å². The zero-order valence-corrected chi connectivity index (χ0v) is 19.3. The second-order valence-corrected chi connectivity index (χ2v) is 8.12. The summed E-state index contributed by atoms with van der Waals surface area (Å²) in [5.74, 6) is -1.98. The summed E-state index contributed by atoms with van der Waals surface area (Å²) in [7, 11) is 0. The van der Waals surface area contributed by atoms with Crippen molar-refractivity contribution >= 4 is 18.1 Å². The van der Waals surface area contributed by atoms with Gasteiger partial charge in [0.2, 0.25) is 5.91 Å². The van der Waals surface area contributed by atoms with Crippen molar-refractivity contribution in [1.82, 2.24) is 0 Å². The van der Waals surface area contributed by atoms with Gasteiger partial charge in [-0.1, -0.05) is 56.2 Å². The minimum Gasteiger partial charge on any atom is -0.366 e. The second kappa shape index (κ2) is 13.6. The molecule has 1 amide bonds. The molecule has 0 aliphatic heterocycles. The lowest BCUT2D eigenvalue weighted by molar-refractivity contribution is 0.0999. The predicted molar refractivity (Wildman–Crippen MR) is 130 cm³/mol. The van der Waals surface area contributed by atoms with Gasteiger partial charge in [-0.25, -0.2) is 8.78 Å². The number of carbonyl (C=O) groups is 1. The number of hydrogen-bond donors (Lipinski definition) is 1. The van der Waals surface area contributed by atoms with Gasteiger partial charge < -0.3 is 5.73 Å². The van der Waals surface area contributed by atoms with Gasteiger partial charge in [0.25, 0.3) is 0 Å². The van der Waals surface area contributed by atoms with Crippen LogP contribution in [0.4, 0.5) is 8.78 Å². The molecule has 2 nitrogen and oxygen atoms in total. The summed E-state index contributed by atoms with van der Waals surface area (Å²) in [4.78, 5) is 12.0. The quantitative estimate of drug-likeness (QED) is 0.333. The number of halogens is 2. The molecule has 0 spiro atoms. The van der Waals surface area contributed by atoms with Gasteiger partial charge in [-0.3, -0.25) is 4.79 Å². The Hall–Kier alpha value is -2.75. The molecule has 0 aliphatic rings. The van der Waals surface area contributed by atoms with Crippen molar-refractivity contribution in [1.29, 1.82) is 0 Å². The number of primary amides is 1. The molecule has 2 N–H and O–H groups in total. The SMILES string of the molecule is CC=CCCC=c1c(CCCCCc2ccc(F)c(F)c2)ccc(C(N)=O)c1=CCCC. The number of allylic oxidation sites excluding steroid dienone is 2. The van der Waals surface area contributed by atoms with Gasteiger partial charge in [0.05, 0.1) is 0 Å². The van der Waals surface area contributed by atoms with Crippen LogP contribution in [-0.4, -0.2) is 5.91 Å². The van der Waals surface area contributed by atoms with Gasteiger partial charge in [0, 0.05) is 5.56 Å². The smallest absolute Gasteiger partial charge is 0.249 e. The van der Waals surface area contributed by atoms with Gasteiger partial charge in [-0.2, -0.15) is 0 Å². The minimum absolute atomic E-state index is 0.395. The fraction of sp³-hybridized carbons (Fsp3) is 0.393. The highest BCUT2D eigenvalue weighted by Gasteiger charge is 2.08. The third kappa shape index (κ3) is 7.74. The van der Waals surface area contributed by atoms with Crippen LogP contribution in [0.3, 0.4) is 0 Å². The molecule has 32 heavy (non-hydrogen) atoms. The van der Waals surface area contributed by atoms with Crippen molar-refractivity contribution in [2.24, 2.45) is 5.73 Å². The van der Waals surface area contributed by atoms with Crippen molar-refractivity contribution in [3.63, 3.8) is 0 Å². The van der Waals surface area contributed by atoms with Gasteiger partial charge in [-0.15, -0.1) is 0 Å². The van der Waals surface area contributed by atoms with E-state index >= 15 is 0 Å². The van der Waals surface area contributed by atoms with Crippen molar-refractivity contribution in [3.05, 3.63) is 81.2 Å². The summed E-state index contributed by atoms with van der Waals surface area (Å²) in [6.07, 6.45) is 16.8. The number of benzene rings is 2. The summed E-state index contributed by atoms with van der Waals surface area (Å²) in [5, 5.41) is 2.08. The molecule has 172 valence electrons. The van der Waals surface area contributed by atoms with Crippen molar-refractivity contribution < 1.29 is 13.6 Å². The molecule has 0 radical (unpaired) electrons. The maximum atomic E-state index is 13.4. The number of carbonyl (C=O) groups excluding carboxylic acids is 1. The van der Waals surface area contributed by atoms with Crippen LogP contribution in [0.1, 0.15) is 80.3 Å². The van der Waals surface area contributed by atoms with E-state index < -0.39 is 17.5 Å². The van der Waals surface area contributed by atoms with Crippen molar-refractivity contribution in [2.75, 3.05) is 0 Å². The molecule has 0 unspecified atom stereocenters. The molecule has 2 rings (SSSR count). The lowest BCUT2D eigenvalue weighted by atomic mass is 9.97. The number of rotatable bonds is 12. The highest BCUT2D eigenvalue weighted by Crippen LogP contribution is 2.13. The lowest BCUT2D eigenvalue weighted by Crippen LogP contribution is -2.36. The third-order valence-electron chi connectivity index (χ3n) is 5.59. The molecule has 0 saturated heterocycles. The highest BCUT2D eigenvalue weighted by atomic mass is 19.2. The maximum Gasteiger partial charge on any atom is 0.249 e. The first kappa shape index (κ1) is 25.5. The summed E-state index contributed by atoms with van der Waals surface area (Å²) >= 11 is 0. The second-order valence-electron chi connectivity index (χ2n) is 8.12. The first-order valence-corrected chi connectivity index (χ1v) is 11.6. The number of aryl methyl sites for hydroxylation is 2. The van der Waals surface area contributed by atoms with E-state index in [1.807, 2.05) is 25.1 Å². The predicted octanol–water partition coefficient (Wildman–Crippen LogP) is 5.74. The standard InChI is InChI=1S/C28H35F2NO/c1-3-5-7-11-15-23-22(17-18-25(28(31)32)24(23)14-6-4-2)13-10-8-9-12-21-16-19-26(29)27(30)20-21/h3,5,14-20H,4,6-13H2,1-2H3,(H2,31,32). The van der Waals surface area contributed by atoms with Crippen LogP contribution in [0, 0.1) is 11.6 Å². The van der Waals surface area contributed by atoms with Crippen LogP contribution in [0.15, 0.2) is 42.5 Å². The average molecular weight is 440 g/mol. The largest absolute Gasteiger partial charge is 0.366 e. The Kier molecular flexibility index (Phi) is 10.9. The molecule has 4 heteroatoms. The van der Waals surface area contributed by atoms with E-state index in [0.29, 0.717) is 5.56 Å². The fourth-order valence-corrected chi connectivity index (χ4v) is 3.87.